The minimum absolute atomic E-state index is 0.00676. The fourth-order valence-corrected chi connectivity index (χ4v) is 4.99. The Hall–Kier alpha value is -4.64. The average Bonchev–Trinajstić information content (AvgIpc) is 2.95. The highest BCUT2D eigenvalue weighted by Crippen LogP contribution is 2.37. The van der Waals surface area contributed by atoms with Crippen LogP contribution in [0.3, 0.4) is 0 Å². The molecule has 2 unspecified atom stereocenters. The fraction of sp³-hybridized carbons (Fsp3) is 0.152. The van der Waals surface area contributed by atoms with Crippen LogP contribution in [0.25, 0.3) is 10.8 Å². The molecule has 189 valence electrons. The minimum Gasteiger partial charge on any atom is -0.490 e. The molecule has 0 aliphatic carbocycles. The summed E-state index contributed by atoms with van der Waals surface area (Å²) in [6.45, 7) is 0. The van der Waals surface area contributed by atoms with E-state index in [2.05, 4.69) is 4.90 Å². The maximum atomic E-state index is 12.7. The zero-order valence-electron chi connectivity index (χ0n) is 20.9. The summed E-state index contributed by atoms with van der Waals surface area (Å²) in [6.07, 6.45) is 0.270. The Bertz CT molecular complexity index is 1430. The van der Waals surface area contributed by atoms with Gasteiger partial charge in [0.1, 0.15) is 23.4 Å². The Morgan fingerprint density at radius 2 is 1.08 bits per heavy atom. The molecule has 1 radical (unpaired) electrons. The predicted molar refractivity (Wildman–Crippen MR) is 148 cm³/mol. The summed E-state index contributed by atoms with van der Waals surface area (Å²) in [6, 6.07) is 40.7. The predicted octanol–water partition coefficient (Wildman–Crippen LogP) is 7.84. The summed E-state index contributed by atoms with van der Waals surface area (Å²) in [7, 11) is 0. The van der Waals surface area contributed by atoms with Crippen LogP contribution >= 0.6 is 0 Å². The van der Waals surface area contributed by atoms with E-state index in [1.807, 2.05) is 115 Å². The summed E-state index contributed by atoms with van der Waals surface area (Å²) in [5, 5.41) is 14.3. The lowest BCUT2D eigenvalue weighted by Crippen LogP contribution is -2.57. The van der Waals surface area contributed by atoms with Gasteiger partial charge in [-0.05, 0) is 60.0 Å². The molecular weight excluding hydrogens is 474 g/mol. The molecule has 1 aliphatic heterocycles. The Morgan fingerprint density at radius 1 is 0.553 bits per heavy atom. The van der Waals surface area contributed by atoms with Crippen molar-refractivity contribution >= 4 is 16.5 Å². The van der Waals surface area contributed by atoms with E-state index in [0.717, 1.165) is 28.3 Å². The van der Waals surface area contributed by atoms with Gasteiger partial charge in [0.05, 0.1) is 0 Å². The number of benzene rings is 5. The monoisotopic (exact) mass is 502 g/mol. The van der Waals surface area contributed by atoms with Gasteiger partial charge in [0.2, 0.25) is 0 Å². The lowest BCUT2D eigenvalue weighted by molar-refractivity contribution is 0.00753. The Labute approximate surface area is 222 Å². The summed E-state index contributed by atoms with van der Waals surface area (Å²) in [4.78, 5) is 2.14. The maximum Gasteiger partial charge on any atom is 0.186 e. The fourth-order valence-electron chi connectivity index (χ4n) is 4.99. The number of nitrogens with zero attached hydrogens (tertiary/aromatic N) is 1. The number of ether oxygens (including phenoxy) is 3. The van der Waals surface area contributed by atoms with Gasteiger partial charge in [0.15, 0.2) is 18.2 Å². The molecule has 1 saturated heterocycles. The molecule has 0 N–H and O–H groups in total. The lowest BCUT2D eigenvalue weighted by Gasteiger charge is -2.45. The Kier molecular flexibility index (Phi) is 6.73. The number of hydrogen-bond acceptors (Lipinski definition) is 4. The van der Waals surface area contributed by atoms with Crippen molar-refractivity contribution in [3.8, 4) is 23.0 Å². The molecule has 0 bridgehead atoms. The van der Waals surface area contributed by atoms with Crippen molar-refractivity contribution in [1.82, 2.24) is 0 Å². The van der Waals surface area contributed by atoms with Gasteiger partial charge in [0.25, 0.3) is 0 Å². The van der Waals surface area contributed by atoms with E-state index in [1.165, 1.54) is 0 Å². The number of piperidine rings is 1. The highest BCUT2D eigenvalue weighted by atomic mass is 16.5. The normalized spacial score (nSPS) is 19.2. The van der Waals surface area contributed by atoms with Crippen LogP contribution in [-0.2, 0) is 5.11 Å². The Morgan fingerprint density at radius 3 is 1.63 bits per heavy atom. The molecule has 1 fully saturated rings. The molecule has 38 heavy (non-hydrogen) atoms. The van der Waals surface area contributed by atoms with Crippen LogP contribution in [0.15, 0.2) is 127 Å². The molecule has 5 nitrogen and oxygen atoms in total. The summed E-state index contributed by atoms with van der Waals surface area (Å²) >= 11 is 0. The summed E-state index contributed by atoms with van der Waals surface area (Å²) in [5.74, 6) is 2.32. The third kappa shape index (κ3) is 5.23. The zero-order valence-corrected chi connectivity index (χ0v) is 20.9. The summed E-state index contributed by atoms with van der Waals surface area (Å²) < 4.78 is 19.6. The standard InChI is InChI=1S/C33H28NO4/c35-31-18-10-11-24-19-20-25(21-30(24)31)34-32(37-27-14-6-2-7-15-27)22-29(36-26-12-4-1-5-13-26)23-33(34)38-28-16-8-3-9-17-28/h1-21,29,32-33H,22-23H2. The maximum absolute atomic E-state index is 12.7. The van der Waals surface area contributed by atoms with Gasteiger partial charge in [-0.3, -0.25) is 5.11 Å². The molecular formula is C33H28NO4. The third-order valence-electron chi connectivity index (χ3n) is 6.75. The second-order valence-electron chi connectivity index (χ2n) is 9.36. The van der Waals surface area contributed by atoms with Gasteiger partial charge in [-0.2, -0.15) is 0 Å². The van der Waals surface area contributed by atoms with Crippen LogP contribution in [0.1, 0.15) is 12.8 Å². The minimum atomic E-state index is -0.398. The van der Waals surface area contributed by atoms with Gasteiger partial charge < -0.3 is 19.1 Å². The molecule has 0 amide bonds. The number of anilines is 1. The average molecular weight is 503 g/mol. The topological polar surface area (TPSA) is 50.8 Å². The second kappa shape index (κ2) is 10.8. The highest BCUT2D eigenvalue weighted by molar-refractivity contribution is 5.90. The molecule has 2 atom stereocenters. The molecule has 5 heteroatoms. The first kappa shape index (κ1) is 23.7. The quantitative estimate of drug-likeness (QED) is 0.227. The van der Waals surface area contributed by atoms with Gasteiger partial charge in [-0.15, -0.1) is 0 Å². The van der Waals surface area contributed by atoms with Crippen LogP contribution in [0, 0.1) is 0 Å². The summed E-state index contributed by atoms with van der Waals surface area (Å²) in [5.41, 5.74) is 0.862. The van der Waals surface area contributed by atoms with Crippen molar-refractivity contribution < 1.29 is 19.3 Å². The smallest absolute Gasteiger partial charge is 0.186 e. The lowest BCUT2D eigenvalue weighted by atomic mass is 10.0. The van der Waals surface area contributed by atoms with Crippen molar-refractivity contribution in [2.24, 2.45) is 0 Å². The van der Waals surface area contributed by atoms with Crippen molar-refractivity contribution in [3.05, 3.63) is 127 Å². The molecule has 0 aromatic heterocycles. The second-order valence-corrected chi connectivity index (χ2v) is 9.36. The molecule has 1 aliphatic rings. The van der Waals surface area contributed by atoms with Crippen molar-refractivity contribution in [2.75, 3.05) is 4.90 Å². The van der Waals surface area contributed by atoms with Gasteiger partial charge >= 0.3 is 0 Å². The van der Waals surface area contributed by atoms with Gasteiger partial charge in [-0.25, -0.2) is 0 Å². The van der Waals surface area contributed by atoms with Crippen molar-refractivity contribution in [2.45, 2.75) is 31.4 Å². The van der Waals surface area contributed by atoms with E-state index >= 15 is 0 Å². The van der Waals surface area contributed by atoms with Crippen molar-refractivity contribution in [3.63, 3.8) is 0 Å². The van der Waals surface area contributed by atoms with E-state index in [-0.39, 0.29) is 11.9 Å². The van der Waals surface area contributed by atoms with E-state index in [4.69, 9.17) is 14.2 Å². The van der Waals surface area contributed by atoms with Crippen molar-refractivity contribution in [1.29, 1.82) is 0 Å². The first-order chi connectivity index (χ1) is 18.7. The van der Waals surface area contributed by atoms with Crippen LogP contribution in [-0.4, -0.2) is 18.6 Å². The zero-order chi connectivity index (χ0) is 25.7. The number of para-hydroxylation sites is 3. The first-order valence-corrected chi connectivity index (χ1v) is 12.9. The number of fused-ring (bicyclic) bond motifs is 1. The highest BCUT2D eigenvalue weighted by Gasteiger charge is 2.40. The van der Waals surface area contributed by atoms with Crippen LogP contribution < -0.4 is 19.1 Å². The third-order valence-corrected chi connectivity index (χ3v) is 6.75. The van der Waals surface area contributed by atoms with E-state index in [0.29, 0.717) is 18.2 Å². The molecule has 5 aromatic carbocycles. The first-order valence-electron chi connectivity index (χ1n) is 12.9. The molecule has 5 aromatic rings. The SMILES string of the molecule is [O]c1cccc2ccc(N3C(Oc4ccccc4)CC(Oc4ccccc4)CC3Oc3ccccc3)cc12. The van der Waals surface area contributed by atoms with E-state index in [9.17, 15) is 5.11 Å². The van der Waals surface area contributed by atoms with Gasteiger partial charge in [0, 0.05) is 23.9 Å². The van der Waals surface area contributed by atoms with E-state index < -0.39 is 12.5 Å². The Balaban J connectivity index is 1.41. The molecule has 0 saturated carbocycles. The van der Waals surface area contributed by atoms with Crippen LogP contribution in [0.4, 0.5) is 5.69 Å². The van der Waals surface area contributed by atoms with E-state index in [1.54, 1.807) is 12.1 Å². The van der Waals surface area contributed by atoms with Gasteiger partial charge in [-0.1, -0.05) is 72.8 Å². The molecule has 0 spiro atoms. The molecule has 6 rings (SSSR count). The number of rotatable bonds is 7. The van der Waals surface area contributed by atoms with Crippen LogP contribution in [0.5, 0.6) is 23.0 Å². The largest absolute Gasteiger partial charge is 0.490 e. The molecule has 1 heterocycles. The van der Waals surface area contributed by atoms with Crippen LogP contribution in [0.2, 0.25) is 0 Å². The number of hydrogen-bond donors (Lipinski definition) is 0.